The van der Waals surface area contributed by atoms with E-state index in [1.165, 1.54) is 5.56 Å². The predicted molar refractivity (Wildman–Crippen MR) is 78.9 cm³/mol. The Hall–Kier alpha value is -0.820. The summed E-state index contributed by atoms with van der Waals surface area (Å²) >= 11 is 0. The monoisotopic (exact) mass is 239 g/mol. The fraction of sp³-hybridized carbons (Fsp3) is 0.625. The van der Waals surface area contributed by atoms with Crippen LogP contribution in [0.4, 0.5) is 0 Å². The van der Waals surface area contributed by atoms with Crippen molar-refractivity contribution >= 4 is 0 Å². The summed E-state index contributed by atoms with van der Waals surface area (Å²) in [6.45, 7) is 17.2. The van der Waals surface area contributed by atoms with Crippen molar-refractivity contribution in [2.24, 2.45) is 5.92 Å². The fourth-order valence-electron chi connectivity index (χ4n) is 0.938. The van der Waals surface area contributed by atoms with Crippen molar-refractivity contribution in [1.82, 2.24) is 0 Å². The van der Waals surface area contributed by atoms with Gasteiger partial charge >= 0.3 is 0 Å². The third-order valence-electron chi connectivity index (χ3n) is 1.64. The Bertz CT molecular complexity index is 229. The van der Waals surface area contributed by atoms with E-state index in [1.807, 2.05) is 13.8 Å². The van der Waals surface area contributed by atoms with E-state index in [2.05, 4.69) is 71.9 Å². The molecule has 0 fully saturated rings. The molecule has 0 atom stereocenters. The van der Waals surface area contributed by atoms with Crippen molar-refractivity contribution in [3.63, 3.8) is 0 Å². The van der Waals surface area contributed by atoms with Gasteiger partial charge in [-0.05, 0) is 16.9 Å². The highest BCUT2D eigenvalue weighted by Gasteiger charge is 2.11. The van der Waals surface area contributed by atoms with Gasteiger partial charge in [0.25, 0.3) is 0 Å². The molecule has 0 spiro atoms. The van der Waals surface area contributed by atoms with Crippen LogP contribution in [0.2, 0.25) is 0 Å². The van der Waals surface area contributed by atoms with Crippen LogP contribution < -0.4 is 0 Å². The van der Waals surface area contributed by atoms with E-state index in [1.54, 1.807) is 0 Å². The molecule has 1 rings (SSSR count). The predicted octanol–water partition coefficient (Wildman–Crippen LogP) is 5.50. The van der Waals surface area contributed by atoms with E-state index >= 15 is 0 Å². The first kappa shape index (κ1) is 21.5. The Morgan fingerprint density at radius 3 is 1.29 bits per heavy atom. The zero-order chi connectivity index (χ0) is 13.2. The van der Waals surface area contributed by atoms with Crippen LogP contribution in [-0.2, 0) is 5.41 Å². The highest BCUT2D eigenvalue weighted by Crippen LogP contribution is 2.20. The first-order valence-corrected chi connectivity index (χ1v) is 6.39. The number of hydrogen-bond donors (Lipinski definition) is 1. The van der Waals surface area contributed by atoms with Crippen LogP contribution in [0, 0.1) is 5.92 Å². The van der Waals surface area contributed by atoms with Crippen LogP contribution >= 0.6 is 0 Å². The van der Waals surface area contributed by atoms with Crippen LogP contribution in [0.3, 0.4) is 0 Å². The largest absolute Gasteiger partial charge is 0.255 e. The van der Waals surface area contributed by atoms with Crippen molar-refractivity contribution in [2.45, 2.75) is 60.8 Å². The van der Waals surface area contributed by atoms with Gasteiger partial charge in [-0.15, -0.1) is 0 Å². The SMILES string of the molecule is CC.CC(C)(C)c1ccccc1.CC(C)C.[OH]. The summed E-state index contributed by atoms with van der Waals surface area (Å²) in [6.07, 6.45) is 0. The van der Waals surface area contributed by atoms with Crippen molar-refractivity contribution < 1.29 is 5.48 Å². The maximum Gasteiger partial charge on any atom is -0.0132 e. The molecular formula is C16H31O. The summed E-state index contributed by atoms with van der Waals surface area (Å²) in [7, 11) is 0. The van der Waals surface area contributed by atoms with Crippen LogP contribution in [0.25, 0.3) is 0 Å². The van der Waals surface area contributed by atoms with Crippen LogP contribution in [0.1, 0.15) is 61.0 Å². The highest BCUT2D eigenvalue weighted by atomic mass is 16.0. The van der Waals surface area contributed by atoms with E-state index < -0.39 is 0 Å². The summed E-state index contributed by atoms with van der Waals surface area (Å²) in [5.41, 5.74) is 1.69. The second-order valence-electron chi connectivity index (χ2n) is 5.35. The molecule has 1 aromatic carbocycles. The minimum atomic E-state index is 0. The summed E-state index contributed by atoms with van der Waals surface area (Å²) in [6, 6.07) is 10.6. The van der Waals surface area contributed by atoms with Crippen LogP contribution in [-0.4, -0.2) is 5.48 Å². The maximum atomic E-state index is 2.22. The lowest BCUT2D eigenvalue weighted by atomic mass is 9.87. The smallest absolute Gasteiger partial charge is 0.0132 e. The fourth-order valence-corrected chi connectivity index (χ4v) is 0.938. The van der Waals surface area contributed by atoms with E-state index in [0.717, 1.165) is 5.92 Å². The molecule has 1 heteroatoms. The van der Waals surface area contributed by atoms with Crippen molar-refractivity contribution in [3.05, 3.63) is 35.9 Å². The molecule has 0 unspecified atom stereocenters. The van der Waals surface area contributed by atoms with Gasteiger partial charge in [-0.25, -0.2) is 0 Å². The van der Waals surface area contributed by atoms with Crippen LogP contribution in [0.15, 0.2) is 30.3 Å². The molecule has 0 amide bonds. The lowest BCUT2D eigenvalue weighted by molar-refractivity contribution is 0.590. The molecule has 1 N–H and O–H groups in total. The zero-order valence-corrected chi connectivity index (χ0v) is 12.9. The summed E-state index contributed by atoms with van der Waals surface area (Å²) < 4.78 is 0. The number of hydrogen-bond acceptors (Lipinski definition) is 0. The summed E-state index contributed by atoms with van der Waals surface area (Å²) in [4.78, 5) is 0. The molecule has 0 aliphatic carbocycles. The highest BCUT2D eigenvalue weighted by molar-refractivity contribution is 5.21. The lowest BCUT2D eigenvalue weighted by Gasteiger charge is -2.18. The van der Waals surface area contributed by atoms with Gasteiger partial charge in [0.1, 0.15) is 0 Å². The minimum absolute atomic E-state index is 0. The summed E-state index contributed by atoms with van der Waals surface area (Å²) in [5, 5.41) is 0. The zero-order valence-electron chi connectivity index (χ0n) is 12.9. The minimum Gasteiger partial charge on any atom is -0.255 e. The van der Waals surface area contributed by atoms with E-state index in [-0.39, 0.29) is 5.48 Å². The third kappa shape index (κ3) is 15.2. The molecule has 0 aromatic heterocycles. The molecule has 1 radical (unpaired) electrons. The Balaban J connectivity index is -0.000000242. The molecule has 0 saturated heterocycles. The van der Waals surface area contributed by atoms with Gasteiger partial charge in [-0.1, -0.05) is 85.7 Å². The average molecular weight is 239 g/mol. The Morgan fingerprint density at radius 1 is 0.824 bits per heavy atom. The van der Waals surface area contributed by atoms with Crippen LogP contribution in [0.5, 0.6) is 0 Å². The van der Waals surface area contributed by atoms with Crippen molar-refractivity contribution in [3.8, 4) is 0 Å². The second-order valence-corrected chi connectivity index (χ2v) is 5.35. The molecule has 0 aliphatic rings. The first-order valence-electron chi connectivity index (χ1n) is 6.39. The van der Waals surface area contributed by atoms with E-state index in [0.29, 0.717) is 5.41 Å². The average Bonchev–Trinajstić information content (AvgIpc) is 2.20. The number of benzene rings is 1. The molecule has 1 aromatic rings. The molecule has 101 valence electrons. The molecule has 0 bridgehead atoms. The van der Waals surface area contributed by atoms with Gasteiger partial charge in [-0.2, -0.15) is 0 Å². The van der Waals surface area contributed by atoms with E-state index in [4.69, 9.17) is 0 Å². The first-order chi connectivity index (χ1) is 7.34. The lowest BCUT2D eigenvalue weighted by Crippen LogP contribution is -2.10. The Kier molecular flexibility index (Phi) is 14.7. The van der Waals surface area contributed by atoms with Gasteiger partial charge in [-0.3, -0.25) is 5.48 Å². The van der Waals surface area contributed by atoms with Gasteiger partial charge in [0, 0.05) is 0 Å². The topological polar surface area (TPSA) is 30.0 Å². The van der Waals surface area contributed by atoms with Gasteiger partial charge in [0.05, 0.1) is 0 Å². The molecular weight excluding hydrogens is 208 g/mol. The molecule has 0 saturated carbocycles. The van der Waals surface area contributed by atoms with Gasteiger partial charge < -0.3 is 0 Å². The molecule has 0 aliphatic heterocycles. The van der Waals surface area contributed by atoms with E-state index in [9.17, 15) is 0 Å². The van der Waals surface area contributed by atoms with Gasteiger partial charge in [0.2, 0.25) is 0 Å². The molecule has 0 heterocycles. The van der Waals surface area contributed by atoms with Crippen molar-refractivity contribution in [2.75, 3.05) is 0 Å². The third-order valence-corrected chi connectivity index (χ3v) is 1.64. The quantitative estimate of drug-likeness (QED) is 0.620. The normalized spacial score (nSPS) is 9.24. The van der Waals surface area contributed by atoms with Crippen molar-refractivity contribution in [1.29, 1.82) is 0 Å². The summed E-state index contributed by atoms with van der Waals surface area (Å²) in [5.74, 6) is 0.833. The second kappa shape index (κ2) is 11.7. The Morgan fingerprint density at radius 2 is 1.12 bits per heavy atom. The molecule has 17 heavy (non-hydrogen) atoms. The molecule has 1 nitrogen and oxygen atoms in total. The standard InChI is InChI=1S/C10H14.C4H10.C2H6.HO/c1-10(2,3)9-7-5-4-6-8-9;1-4(2)3;1-2;/h4-8H,1-3H3;4H,1-3H3;1-2H3;1H. The Labute approximate surface area is 109 Å². The van der Waals surface area contributed by atoms with Gasteiger partial charge in [0.15, 0.2) is 0 Å². The number of rotatable bonds is 0. The maximum absolute atomic E-state index is 2.22.